The number of benzene rings is 1. The van der Waals surface area contributed by atoms with Gasteiger partial charge in [0.15, 0.2) is 0 Å². The van der Waals surface area contributed by atoms with Crippen LogP contribution in [0.15, 0.2) is 12.1 Å². The van der Waals surface area contributed by atoms with Gasteiger partial charge < -0.3 is 20.7 Å². The first-order chi connectivity index (χ1) is 16.4. The molecule has 1 aromatic rings. The summed E-state index contributed by atoms with van der Waals surface area (Å²) in [7, 11) is 1.71. The van der Waals surface area contributed by atoms with Gasteiger partial charge in [-0.1, -0.05) is 80.1 Å². The molecule has 3 N–H and O–H groups in total. The van der Waals surface area contributed by atoms with E-state index in [0.29, 0.717) is 23.2 Å². The average molecular weight is 476 g/mol. The standard InChI is InChI=1S/C29H53N3O2/c1-8-14-16-22(10-3)20-32(21-23(11-4)17-15-9-2)27-19-26(25(30)18-28(27)34-7)31-29(33)24(12-5)13-6/h18-19,22-24H,8-17,20-21,30H2,1-7H3,(H,31,33). The predicted octanol–water partition coefficient (Wildman–Crippen LogP) is 7.89. The number of carbonyl (C=O) groups is 1. The summed E-state index contributed by atoms with van der Waals surface area (Å²) in [6.07, 6.45) is 11.4. The molecule has 0 aromatic heterocycles. The fraction of sp³-hybridized carbons (Fsp3) is 0.759. The summed E-state index contributed by atoms with van der Waals surface area (Å²) < 4.78 is 5.82. The van der Waals surface area contributed by atoms with Crippen LogP contribution in [0.3, 0.4) is 0 Å². The topological polar surface area (TPSA) is 67.6 Å². The van der Waals surface area contributed by atoms with Gasteiger partial charge in [-0.15, -0.1) is 0 Å². The van der Waals surface area contributed by atoms with Gasteiger partial charge >= 0.3 is 0 Å². The highest BCUT2D eigenvalue weighted by Crippen LogP contribution is 2.38. The Labute approximate surface area is 210 Å². The summed E-state index contributed by atoms with van der Waals surface area (Å²) >= 11 is 0. The molecule has 1 rings (SSSR count). The van der Waals surface area contributed by atoms with Crippen LogP contribution in [-0.2, 0) is 4.79 Å². The maximum atomic E-state index is 12.8. The molecule has 0 saturated carbocycles. The second-order valence-corrected chi connectivity index (χ2v) is 9.85. The van der Waals surface area contributed by atoms with E-state index >= 15 is 0 Å². The normalized spacial score (nSPS) is 13.1. The number of nitrogens with zero attached hydrogens (tertiary/aromatic N) is 1. The second kappa shape index (κ2) is 16.7. The van der Waals surface area contributed by atoms with E-state index in [1.165, 1.54) is 38.5 Å². The summed E-state index contributed by atoms with van der Waals surface area (Å²) in [5, 5.41) is 3.12. The minimum absolute atomic E-state index is 0.00177. The van der Waals surface area contributed by atoms with Crippen LogP contribution in [0.5, 0.6) is 5.75 Å². The molecule has 0 heterocycles. The van der Waals surface area contributed by atoms with E-state index in [2.05, 4.69) is 51.8 Å². The van der Waals surface area contributed by atoms with Crippen molar-refractivity contribution in [1.29, 1.82) is 0 Å². The zero-order chi connectivity index (χ0) is 25.5. The van der Waals surface area contributed by atoms with Crippen molar-refractivity contribution in [3.05, 3.63) is 12.1 Å². The summed E-state index contributed by atoms with van der Waals surface area (Å²) in [5.41, 5.74) is 8.66. The van der Waals surface area contributed by atoms with Crippen LogP contribution in [0.25, 0.3) is 0 Å². The van der Waals surface area contributed by atoms with Gasteiger partial charge in [0.25, 0.3) is 0 Å². The van der Waals surface area contributed by atoms with E-state index in [1.807, 2.05) is 12.1 Å². The SMILES string of the molecule is CCCCC(CC)CN(CC(CC)CCCC)c1cc(NC(=O)C(CC)CC)c(N)cc1OC. The molecule has 1 amide bonds. The first kappa shape index (κ1) is 30.1. The molecule has 0 aliphatic rings. The van der Waals surface area contributed by atoms with Crippen LogP contribution in [0.2, 0.25) is 0 Å². The lowest BCUT2D eigenvalue weighted by molar-refractivity contribution is -0.120. The van der Waals surface area contributed by atoms with Crippen LogP contribution in [0.1, 0.15) is 106 Å². The molecule has 0 bridgehead atoms. The van der Waals surface area contributed by atoms with E-state index in [4.69, 9.17) is 10.5 Å². The third-order valence-electron chi connectivity index (χ3n) is 7.35. The van der Waals surface area contributed by atoms with Crippen molar-refractivity contribution < 1.29 is 9.53 Å². The van der Waals surface area contributed by atoms with E-state index in [1.54, 1.807) is 7.11 Å². The number of ether oxygens (including phenoxy) is 1. The van der Waals surface area contributed by atoms with Crippen molar-refractivity contribution in [2.75, 3.05) is 36.1 Å². The molecule has 0 saturated heterocycles. The number of hydrogen-bond acceptors (Lipinski definition) is 4. The fourth-order valence-corrected chi connectivity index (χ4v) is 4.73. The Morgan fingerprint density at radius 1 is 0.912 bits per heavy atom. The summed E-state index contributed by atoms with van der Waals surface area (Å²) in [6.45, 7) is 15.2. The number of anilines is 3. The summed E-state index contributed by atoms with van der Waals surface area (Å²) in [4.78, 5) is 15.3. The van der Waals surface area contributed by atoms with Crippen LogP contribution < -0.4 is 20.7 Å². The van der Waals surface area contributed by atoms with Gasteiger partial charge in [0, 0.05) is 25.1 Å². The Morgan fingerprint density at radius 3 is 1.85 bits per heavy atom. The smallest absolute Gasteiger partial charge is 0.227 e. The lowest BCUT2D eigenvalue weighted by atomic mass is 9.95. The molecule has 0 aliphatic carbocycles. The van der Waals surface area contributed by atoms with Crippen LogP contribution in [0.4, 0.5) is 17.1 Å². The van der Waals surface area contributed by atoms with Gasteiger partial charge in [-0.25, -0.2) is 0 Å². The van der Waals surface area contributed by atoms with Gasteiger partial charge in [0.2, 0.25) is 5.91 Å². The lowest BCUT2D eigenvalue weighted by Gasteiger charge is -2.34. The highest BCUT2D eigenvalue weighted by Gasteiger charge is 2.23. The van der Waals surface area contributed by atoms with Crippen molar-refractivity contribution >= 4 is 23.0 Å². The van der Waals surface area contributed by atoms with Crippen molar-refractivity contribution in [2.45, 2.75) is 106 Å². The maximum Gasteiger partial charge on any atom is 0.227 e. The van der Waals surface area contributed by atoms with Crippen LogP contribution >= 0.6 is 0 Å². The molecule has 5 heteroatoms. The third kappa shape index (κ3) is 9.38. The Balaban J connectivity index is 3.37. The molecule has 2 unspecified atom stereocenters. The van der Waals surface area contributed by atoms with E-state index in [9.17, 15) is 4.79 Å². The molecule has 0 aliphatic heterocycles. The summed E-state index contributed by atoms with van der Waals surface area (Å²) in [5.74, 6) is 2.09. The highest BCUT2D eigenvalue weighted by molar-refractivity contribution is 5.96. The quantitative estimate of drug-likeness (QED) is 0.212. The third-order valence-corrected chi connectivity index (χ3v) is 7.35. The zero-order valence-electron chi connectivity index (χ0n) is 23.2. The Kier molecular flexibility index (Phi) is 14.8. The van der Waals surface area contributed by atoms with Gasteiger partial charge in [-0.2, -0.15) is 0 Å². The van der Waals surface area contributed by atoms with Gasteiger partial charge in [-0.3, -0.25) is 4.79 Å². The lowest BCUT2D eigenvalue weighted by Crippen LogP contribution is -2.34. The highest BCUT2D eigenvalue weighted by atomic mass is 16.5. The van der Waals surface area contributed by atoms with Crippen molar-refractivity contribution in [1.82, 2.24) is 0 Å². The Hall–Kier alpha value is -1.91. The molecule has 0 spiro atoms. The van der Waals surface area contributed by atoms with Crippen LogP contribution in [0, 0.1) is 17.8 Å². The monoisotopic (exact) mass is 475 g/mol. The first-order valence-corrected chi connectivity index (χ1v) is 13.9. The molecule has 1 aromatic carbocycles. The van der Waals surface area contributed by atoms with E-state index < -0.39 is 0 Å². The number of nitrogen functional groups attached to an aromatic ring is 1. The Bertz CT molecular complexity index is 685. The van der Waals surface area contributed by atoms with E-state index in [0.717, 1.165) is 50.2 Å². The average Bonchev–Trinajstić information content (AvgIpc) is 2.84. The predicted molar refractivity (Wildman–Crippen MR) is 149 cm³/mol. The zero-order valence-corrected chi connectivity index (χ0v) is 23.2. The van der Waals surface area contributed by atoms with Gasteiger partial charge in [-0.05, 0) is 43.6 Å². The number of hydrogen-bond donors (Lipinski definition) is 2. The molecule has 2 atom stereocenters. The first-order valence-electron chi connectivity index (χ1n) is 13.9. The molecule has 34 heavy (non-hydrogen) atoms. The maximum absolute atomic E-state index is 12.8. The van der Waals surface area contributed by atoms with Gasteiger partial charge in [0.05, 0.1) is 24.2 Å². The number of unbranched alkanes of at least 4 members (excludes halogenated alkanes) is 2. The van der Waals surface area contributed by atoms with Crippen molar-refractivity contribution in [2.24, 2.45) is 17.8 Å². The van der Waals surface area contributed by atoms with Gasteiger partial charge in [0.1, 0.15) is 5.75 Å². The molecular weight excluding hydrogens is 422 g/mol. The van der Waals surface area contributed by atoms with Crippen LogP contribution in [-0.4, -0.2) is 26.1 Å². The fourth-order valence-electron chi connectivity index (χ4n) is 4.73. The number of rotatable bonds is 18. The number of nitrogens with one attached hydrogen (secondary N) is 1. The summed E-state index contributed by atoms with van der Waals surface area (Å²) in [6, 6.07) is 3.93. The molecule has 0 fully saturated rings. The van der Waals surface area contributed by atoms with E-state index in [-0.39, 0.29) is 11.8 Å². The number of nitrogens with two attached hydrogens (primary N) is 1. The second-order valence-electron chi connectivity index (χ2n) is 9.85. The number of carbonyl (C=O) groups excluding carboxylic acids is 1. The minimum atomic E-state index is -0.00177. The molecular formula is C29H53N3O2. The number of methoxy groups -OCH3 is 1. The molecule has 196 valence electrons. The number of amides is 1. The Morgan fingerprint density at radius 2 is 1.44 bits per heavy atom. The van der Waals surface area contributed by atoms with Crippen molar-refractivity contribution in [3.8, 4) is 5.75 Å². The molecule has 0 radical (unpaired) electrons. The molecule has 5 nitrogen and oxygen atoms in total. The van der Waals surface area contributed by atoms with Crippen molar-refractivity contribution in [3.63, 3.8) is 0 Å². The minimum Gasteiger partial charge on any atom is -0.495 e. The largest absolute Gasteiger partial charge is 0.495 e.